The van der Waals surface area contributed by atoms with Gasteiger partial charge in [-0.3, -0.25) is 0 Å². The fraction of sp³-hybridized carbons (Fsp3) is 0.500. The average molecular weight is 218 g/mol. The van der Waals surface area contributed by atoms with Crippen LogP contribution in [0.25, 0.3) is 0 Å². The minimum absolute atomic E-state index is 0.306. The van der Waals surface area contributed by atoms with Gasteiger partial charge in [-0.25, -0.2) is 0 Å². The molecule has 16 heavy (non-hydrogen) atoms. The van der Waals surface area contributed by atoms with Crippen LogP contribution in [0.15, 0.2) is 18.2 Å². The summed E-state index contributed by atoms with van der Waals surface area (Å²) >= 11 is 0. The SMILES string of the molecule is CC1(C)OB(c2c[c]c(N)cc2)OC1(C)C. The van der Waals surface area contributed by atoms with Crippen molar-refractivity contribution in [1.82, 2.24) is 0 Å². The average Bonchev–Trinajstić information content (AvgIpc) is 2.37. The monoisotopic (exact) mass is 218 g/mol. The number of anilines is 1. The van der Waals surface area contributed by atoms with Crippen LogP contribution in [-0.4, -0.2) is 18.3 Å². The molecule has 1 aromatic carbocycles. The molecule has 0 aliphatic carbocycles. The lowest BCUT2D eigenvalue weighted by Crippen LogP contribution is -2.41. The van der Waals surface area contributed by atoms with E-state index in [4.69, 9.17) is 15.0 Å². The predicted octanol–water partition coefficient (Wildman–Crippen LogP) is 1.37. The number of nitrogens with two attached hydrogens (primary N) is 1. The van der Waals surface area contributed by atoms with Crippen molar-refractivity contribution in [3.63, 3.8) is 0 Å². The van der Waals surface area contributed by atoms with Crippen LogP contribution in [0.1, 0.15) is 27.7 Å². The lowest BCUT2D eigenvalue weighted by atomic mass is 9.79. The second kappa shape index (κ2) is 3.50. The van der Waals surface area contributed by atoms with Gasteiger partial charge in [-0.1, -0.05) is 12.1 Å². The zero-order valence-corrected chi connectivity index (χ0v) is 10.2. The quantitative estimate of drug-likeness (QED) is 0.571. The van der Waals surface area contributed by atoms with Gasteiger partial charge in [0, 0.05) is 11.8 Å². The Morgan fingerprint density at radius 1 is 1.12 bits per heavy atom. The summed E-state index contributed by atoms with van der Waals surface area (Å²) in [5, 5.41) is 0. The third-order valence-electron chi connectivity index (χ3n) is 3.39. The van der Waals surface area contributed by atoms with E-state index in [1.165, 1.54) is 0 Å². The lowest BCUT2D eigenvalue weighted by Gasteiger charge is -2.32. The minimum atomic E-state index is -0.332. The normalized spacial score (nSPS) is 22.4. The smallest absolute Gasteiger partial charge is 0.399 e. The Bertz CT molecular complexity index is 371. The largest absolute Gasteiger partial charge is 0.494 e. The van der Waals surface area contributed by atoms with Gasteiger partial charge < -0.3 is 15.0 Å². The molecular weight excluding hydrogens is 201 g/mol. The van der Waals surface area contributed by atoms with Gasteiger partial charge in [0.1, 0.15) is 0 Å². The lowest BCUT2D eigenvalue weighted by molar-refractivity contribution is 0.00578. The molecule has 1 aliphatic rings. The number of hydrogen-bond donors (Lipinski definition) is 1. The van der Waals surface area contributed by atoms with Crippen molar-refractivity contribution in [2.24, 2.45) is 0 Å². The summed E-state index contributed by atoms with van der Waals surface area (Å²) in [5.41, 5.74) is 6.56. The summed E-state index contributed by atoms with van der Waals surface area (Å²) < 4.78 is 11.8. The van der Waals surface area contributed by atoms with E-state index in [0.29, 0.717) is 5.69 Å². The van der Waals surface area contributed by atoms with Gasteiger partial charge in [0.2, 0.25) is 0 Å². The van der Waals surface area contributed by atoms with Crippen molar-refractivity contribution >= 4 is 18.3 Å². The van der Waals surface area contributed by atoms with Crippen LogP contribution in [0.3, 0.4) is 0 Å². The molecule has 2 N–H and O–H groups in total. The summed E-state index contributed by atoms with van der Waals surface area (Å²) in [4.78, 5) is 0. The standard InChI is InChI=1S/C12H17BNO2/c1-11(2)12(3,4)16-13(15-11)9-5-7-10(14)8-6-9/h5-7H,14H2,1-4H3. The van der Waals surface area contributed by atoms with E-state index in [-0.39, 0.29) is 18.3 Å². The summed E-state index contributed by atoms with van der Waals surface area (Å²) in [6.45, 7) is 8.14. The molecule has 0 unspecified atom stereocenters. The van der Waals surface area contributed by atoms with E-state index in [1.54, 1.807) is 6.07 Å². The van der Waals surface area contributed by atoms with Gasteiger partial charge in [0.15, 0.2) is 0 Å². The van der Waals surface area contributed by atoms with Gasteiger partial charge in [-0.05, 0) is 39.2 Å². The molecule has 1 aliphatic heterocycles. The summed E-state index contributed by atoms with van der Waals surface area (Å²) in [6.07, 6.45) is 0. The van der Waals surface area contributed by atoms with Crippen molar-refractivity contribution in [3.8, 4) is 0 Å². The first kappa shape index (κ1) is 11.5. The van der Waals surface area contributed by atoms with E-state index in [9.17, 15) is 0 Å². The molecule has 1 radical (unpaired) electrons. The highest BCUT2D eigenvalue weighted by Crippen LogP contribution is 2.36. The topological polar surface area (TPSA) is 44.5 Å². The zero-order valence-electron chi connectivity index (χ0n) is 10.2. The molecule has 0 amide bonds. The Morgan fingerprint density at radius 3 is 2.12 bits per heavy atom. The third kappa shape index (κ3) is 1.83. The highest BCUT2D eigenvalue weighted by Gasteiger charge is 2.51. The Morgan fingerprint density at radius 2 is 1.69 bits per heavy atom. The van der Waals surface area contributed by atoms with Crippen molar-refractivity contribution in [2.75, 3.05) is 5.73 Å². The first-order valence-corrected chi connectivity index (χ1v) is 5.45. The highest BCUT2D eigenvalue weighted by molar-refractivity contribution is 6.62. The van der Waals surface area contributed by atoms with Crippen molar-refractivity contribution in [1.29, 1.82) is 0 Å². The molecule has 0 aromatic heterocycles. The predicted molar refractivity (Wildman–Crippen MR) is 65.4 cm³/mol. The fourth-order valence-electron chi connectivity index (χ4n) is 1.57. The molecule has 0 saturated carbocycles. The molecule has 1 saturated heterocycles. The molecule has 3 nitrogen and oxygen atoms in total. The van der Waals surface area contributed by atoms with Crippen molar-refractivity contribution in [3.05, 3.63) is 24.3 Å². The molecule has 1 heterocycles. The summed E-state index contributed by atoms with van der Waals surface area (Å²) in [7, 11) is -0.332. The first-order valence-electron chi connectivity index (χ1n) is 5.45. The Balaban J connectivity index is 2.23. The van der Waals surface area contributed by atoms with Gasteiger partial charge in [0.25, 0.3) is 0 Å². The van der Waals surface area contributed by atoms with E-state index >= 15 is 0 Å². The van der Waals surface area contributed by atoms with Crippen LogP contribution >= 0.6 is 0 Å². The van der Waals surface area contributed by atoms with Crippen LogP contribution in [0.5, 0.6) is 0 Å². The van der Waals surface area contributed by atoms with Gasteiger partial charge >= 0.3 is 7.12 Å². The Labute approximate surface area is 97.1 Å². The zero-order chi connectivity index (χ0) is 12.0. The fourth-order valence-corrected chi connectivity index (χ4v) is 1.57. The Kier molecular flexibility index (Phi) is 2.52. The summed E-state index contributed by atoms with van der Waals surface area (Å²) in [5.74, 6) is 0. The maximum atomic E-state index is 5.91. The third-order valence-corrected chi connectivity index (χ3v) is 3.39. The van der Waals surface area contributed by atoms with Gasteiger partial charge in [0.05, 0.1) is 11.2 Å². The molecule has 4 heteroatoms. The molecule has 0 spiro atoms. The van der Waals surface area contributed by atoms with Crippen LogP contribution < -0.4 is 11.2 Å². The van der Waals surface area contributed by atoms with E-state index in [1.807, 2.05) is 39.8 Å². The Hall–Kier alpha value is -0.995. The molecule has 1 fully saturated rings. The second-order valence-electron chi connectivity index (χ2n) is 5.17. The molecule has 0 atom stereocenters. The molecule has 1 aromatic rings. The summed E-state index contributed by atoms with van der Waals surface area (Å²) in [6, 6.07) is 8.48. The first-order chi connectivity index (χ1) is 7.32. The van der Waals surface area contributed by atoms with E-state index in [0.717, 1.165) is 5.46 Å². The minimum Gasteiger partial charge on any atom is -0.399 e. The van der Waals surface area contributed by atoms with Gasteiger partial charge in [-0.2, -0.15) is 0 Å². The van der Waals surface area contributed by atoms with E-state index in [2.05, 4.69) is 6.07 Å². The number of nitrogen functional groups attached to an aromatic ring is 1. The number of benzene rings is 1. The second-order valence-corrected chi connectivity index (χ2v) is 5.17. The van der Waals surface area contributed by atoms with Crippen LogP contribution in [0.4, 0.5) is 5.69 Å². The van der Waals surface area contributed by atoms with E-state index < -0.39 is 0 Å². The maximum absolute atomic E-state index is 5.91. The molecular formula is C12H17BNO2. The maximum Gasteiger partial charge on any atom is 0.494 e. The highest BCUT2D eigenvalue weighted by atomic mass is 16.7. The molecule has 85 valence electrons. The number of hydrogen-bond acceptors (Lipinski definition) is 3. The molecule has 2 rings (SSSR count). The number of rotatable bonds is 1. The van der Waals surface area contributed by atoms with Crippen molar-refractivity contribution < 1.29 is 9.31 Å². The van der Waals surface area contributed by atoms with Crippen molar-refractivity contribution in [2.45, 2.75) is 38.9 Å². The van der Waals surface area contributed by atoms with Gasteiger partial charge in [-0.15, -0.1) is 0 Å². The van der Waals surface area contributed by atoms with Crippen LogP contribution in [0, 0.1) is 6.07 Å². The van der Waals surface area contributed by atoms with Crippen LogP contribution in [0.2, 0.25) is 0 Å². The van der Waals surface area contributed by atoms with Crippen LogP contribution in [-0.2, 0) is 9.31 Å². The molecule has 0 bridgehead atoms.